The Labute approximate surface area is 89.2 Å². The van der Waals surface area contributed by atoms with Gasteiger partial charge in [0.15, 0.2) is 0 Å². The van der Waals surface area contributed by atoms with Crippen LogP contribution < -0.4 is 0 Å². The Morgan fingerprint density at radius 1 is 1.42 bits per heavy atom. The Bertz CT molecular complexity index is 171. The zero-order chi connectivity index (χ0) is 9.61. The fourth-order valence-corrected chi connectivity index (χ4v) is 1.22. The summed E-state index contributed by atoms with van der Waals surface area (Å²) in [5.74, 6) is 7.08. The SMILES string of the molecule is CC(C)(C)C#CC(Br)CCCCl. The third-order valence-electron chi connectivity index (χ3n) is 1.19. The number of hydrogen-bond donors (Lipinski definition) is 0. The second-order valence-electron chi connectivity index (χ2n) is 3.82. The van der Waals surface area contributed by atoms with E-state index in [1.807, 2.05) is 0 Å². The lowest BCUT2D eigenvalue weighted by molar-refractivity contribution is 0.570. The molecule has 0 aliphatic heterocycles. The summed E-state index contributed by atoms with van der Waals surface area (Å²) in [5, 5.41) is 0. The third kappa shape index (κ3) is 8.43. The zero-order valence-electron chi connectivity index (χ0n) is 7.95. The predicted molar refractivity (Wildman–Crippen MR) is 59.9 cm³/mol. The lowest BCUT2D eigenvalue weighted by atomic mass is 9.98. The second kappa shape index (κ2) is 5.89. The first kappa shape index (κ1) is 12.3. The predicted octanol–water partition coefficient (Wildman–Crippen LogP) is 3.82. The van der Waals surface area contributed by atoms with Crippen molar-refractivity contribution in [2.24, 2.45) is 5.41 Å². The van der Waals surface area contributed by atoms with E-state index in [0.717, 1.165) is 18.7 Å². The van der Waals surface area contributed by atoms with E-state index in [9.17, 15) is 0 Å². The Balaban J connectivity index is 3.79. The lowest BCUT2D eigenvalue weighted by Crippen LogP contribution is -2.02. The molecule has 0 aromatic carbocycles. The van der Waals surface area contributed by atoms with Gasteiger partial charge in [0, 0.05) is 11.3 Å². The molecule has 12 heavy (non-hydrogen) atoms. The van der Waals surface area contributed by atoms with Crippen LogP contribution in [0.3, 0.4) is 0 Å². The summed E-state index contributed by atoms with van der Waals surface area (Å²) in [6, 6.07) is 0. The van der Waals surface area contributed by atoms with Gasteiger partial charge in [-0.3, -0.25) is 0 Å². The molecule has 70 valence electrons. The smallest absolute Gasteiger partial charge is 0.0755 e. The fourth-order valence-electron chi connectivity index (χ4n) is 0.623. The van der Waals surface area contributed by atoms with Crippen LogP contribution >= 0.6 is 27.5 Å². The molecule has 0 nitrogen and oxygen atoms in total. The van der Waals surface area contributed by atoms with Crippen LogP contribution in [0.2, 0.25) is 0 Å². The van der Waals surface area contributed by atoms with Gasteiger partial charge in [-0.25, -0.2) is 0 Å². The van der Waals surface area contributed by atoms with Gasteiger partial charge in [0.05, 0.1) is 4.83 Å². The summed E-state index contributed by atoms with van der Waals surface area (Å²) in [6.07, 6.45) is 2.06. The van der Waals surface area contributed by atoms with E-state index in [0.29, 0.717) is 4.83 Å². The van der Waals surface area contributed by atoms with Gasteiger partial charge < -0.3 is 0 Å². The van der Waals surface area contributed by atoms with Gasteiger partial charge in [0.25, 0.3) is 0 Å². The van der Waals surface area contributed by atoms with Crippen molar-refractivity contribution in [3.63, 3.8) is 0 Å². The molecule has 0 radical (unpaired) electrons. The van der Waals surface area contributed by atoms with Gasteiger partial charge in [-0.15, -0.1) is 11.6 Å². The standard InChI is InChI=1S/C10H16BrCl/c1-10(2,3)7-6-9(11)5-4-8-12/h9H,4-5,8H2,1-3H3. The van der Waals surface area contributed by atoms with Crippen molar-refractivity contribution in [2.75, 3.05) is 5.88 Å². The van der Waals surface area contributed by atoms with E-state index in [1.165, 1.54) is 0 Å². The highest BCUT2D eigenvalue weighted by atomic mass is 79.9. The summed E-state index contributed by atoms with van der Waals surface area (Å²) in [4.78, 5) is 0.301. The van der Waals surface area contributed by atoms with Crippen molar-refractivity contribution in [2.45, 2.75) is 38.4 Å². The molecule has 0 aromatic rings. The van der Waals surface area contributed by atoms with Crippen molar-refractivity contribution in [3.05, 3.63) is 0 Å². The molecule has 0 amide bonds. The third-order valence-corrected chi connectivity index (χ3v) is 2.15. The lowest BCUT2D eigenvalue weighted by Gasteiger charge is -2.08. The first-order valence-electron chi connectivity index (χ1n) is 4.18. The minimum Gasteiger partial charge on any atom is -0.127 e. The van der Waals surface area contributed by atoms with Crippen LogP contribution in [0, 0.1) is 17.3 Å². The minimum absolute atomic E-state index is 0.104. The van der Waals surface area contributed by atoms with Crippen LogP contribution in [0.5, 0.6) is 0 Å². The van der Waals surface area contributed by atoms with E-state index < -0.39 is 0 Å². The van der Waals surface area contributed by atoms with Gasteiger partial charge in [0.2, 0.25) is 0 Å². The normalized spacial score (nSPS) is 13.4. The molecule has 0 spiro atoms. The Morgan fingerprint density at radius 3 is 2.42 bits per heavy atom. The largest absolute Gasteiger partial charge is 0.127 e. The maximum Gasteiger partial charge on any atom is 0.0755 e. The maximum absolute atomic E-state index is 5.57. The van der Waals surface area contributed by atoms with Crippen molar-refractivity contribution in [1.29, 1.82) is 0 Å². The van der Waals surface area contributed by atoms with Gasteiger partial charge in [0.1, 0.15) is 0 Å². The molecule has 0 heterocycles. The molecule has 0 rings (SSSR count). The molecule has 1 unspecified atom stereocenters. The number of rotatable bonds is 3. The number of hydrogen-bond acceptors (Lipinski definition) is 0. The molecular formula is C10H16BrCl. The molecule has 0 aliphatic carbocycles. The second-order valence-corrected chi connectivity index (χ2v) is 5.30. The van der Waals surface area contributed by atoms with E-state index >= 15 is 0 Å². The average molecular weight is 252 g/mol. The maximum atomic E-state index is 5.57. The molecule has 0 saturated heterocycles. The van der Waals surface area contributed by atoms with Crippen LogP contribution in [-0.2, 0) is 0 Å². The molecular weight excluding hydrogens is 235 g/mol. The van der Waals surface area contributed by atoms with Gasteiger partial charge in [-0.05, 0) is 33.6 Å². The number of halogens is 2. The molecule has 0 aromatic heterocycles. The van der Waals surface area contributed by atoms with Crippen molar-refractivity contribution >= 4 is 27.5 Å². The molecule has 0 aliphatic rings. The summed E-state index contributed by atoms with van der Waals surface area (Å²) < 4.78 is 0. The first-order chi connectivity index (χ1) is 5.45. The highest BCUT2D eigenvalue weighted by Gasteiger charge is 2.05. The summed E-state index contributed by atoms with van der Waals surface area (Å²) in [7, 11) is 0. The average Bonchev–Trinajstić information content (AvgIpc) is 1.95. The van der Waals surface area contributed by atoms with E-state index in [1.54, 1.807) is 0 Å². The van der Waals surface area contributed by atoms with E-state index in [2.05, 4.69) is 48.5 Å². The van der Waals surface area contributed by atoms with Crippen LogP contribution in [0.4, 0.5) is 0 Å². The zero-order valence-corrected chi connectivity index (χ0v) is 10.3. The van der Waals surface area contributed by atoms with Crippen LogP contribution in [0.1, 0.15) is 33.6 Å². The highest BCUT2D eigenvalue weighted by Crippen LogP contribution is 2.13. The van der Waals surface area contributed by atoms with Gasteiger partial charge >= 0.3 is 0 Å². The summed E-state index contributed by atoms with van der Waals surface area (Å²) in [6.45, 7) is 6.34. The monoisotopic (exact) mass is 250 g/mol. The molecule has 0 bridgehead atoms. The Kier molecular flexibility index (Phi) is 6.05. The Morgan fingerprint density at radius 2 is 2.00 bits per heavy atom. The molecule has 1 atom stereocenters. The summed E-state index contributed by atoms with van der Waals surface area (Å²) >= 11 is 9.07. The van der Waals surface area contributed by atoms with Crippen LogP contribution in [-0.4, -0.2) is 10.7 Å². The van der Waals surface area contributed by atoms with Gasteiger partial charge in [-0.2, -0.15) is 0 Å². The van der Waals surface area contributed by atoms with Crippen molar-refractivity contribution < 1.29 is 0 Å². The minimum atomic E-state index is 0.104. The van der Waals surface area contributed by atoms with Crippen molar-refractivity contribution in [3.8, 4) is 11.8 Å². The molecule has 0 N–H and O–H groups in total. The van der Waals surface area contributed by atoms with Crippen molar-refractivity contribution in [1.82, 2.24) is 0 Å². The quantitative estimate of drug-likeness (QED) is 0.528. The van der Waals surface area contributed by atoms with E-state index in [-0.39, 0.29) is 5.41 Å². The topological polar surface area (TPSA) is 0 Å². The van der Waals surface area contributed by atoms with E-state index in [4.69, 9.17) is 11.6 Å². The summed E-state index contributed by atoms with van der Waals surface area (Å²) in [5.41, 5.74) is 0.104. The molecule has 0 saturated carbocycles. The van der Waals surface area contributed by atoms with Crippen LogP contribution in [0.25, 0.3) is 0 Å². The first-order valence-corrected chi connectivity index (χ1v) is 5.63. The van der Waals surface area contributed by atoms with Crippen LogP contribution in [0.15, 0.2) is 0 Å². The Hall–Kier alpha value is 0.330. The van der Waals surface area contributed by atoms with Gasteiger partial charge in [-0.1, -0.05) is 27.8 Å². The highest BCUT2D eigenvalue weighted by molar-refractivity contribution is 9.09. The molecule has 0 fully saturated rings. The fraction of sp³-hybridized carbons (Fsp3) is 0.800. The molecule has 2 heteroatoms. The number of alkyl halides is 2.